The number of piperidine rings is 1. The van der Waals surface area contributed by atoms with Crippen molar-refractivity contribution in [3.63, 3.8) is 0 Å². The third-order valence-corrected chi connectivity index (χ3v) is 10.3. The highest BCUT2D eigenvalue weighted by molar-refractivity contribution is 6.24. The number of hydrogen-bond donors (Lipinski definition) is 1. The van der Waals surface area contributed by atoms with E-state index in [1.165, 1.54) is 23.6 Å². The van der Waals surface area contributed by atoms with E-state index in [0.717, 1.165) is 38.0 Å². The summed E-state index contributed by atoms with van der Waals surface area (Å²) in [6.45, 7) is 4.06. The number of ketones is 2. The molecule has 5 aliphatic rings. The number of carbonyl (C=O) groups excluding carboxylic acids is 4. The molecule has 0 aromatic heterocycles. The second kappa shape index (κ2) is 11.0. The number of carbonyl (C=O) groups is 4. The van der Waals surface area contributed by atoms with Crippen molar-refractivity contribution in [2.75, 3.05) is 20.2 Å². The van der Waals surface area contributed by atoms with E-state index >= 15 is 0 Å². The number of Topliss-reactive ketones (excluding diaryl/α,β-unsaturated/α-hetero) is 1. The van der Waals surface area contributed by atoms with Gasteiger partial charge in [0.05, 0.1) is 18.9 Å². The van der Waals surface area contributed by atoms with E-state index in [2.05, 4.69) is 17.0 Å². The highest BCUT2D eigenvalue weighted by Gasteiger charge is 2.58. The first kappa shape index (κ1) is 28.5. The van der Waals surface area contributed by atoms with Gasteiger partial charge >= 0.3 is 0 Å². The first-order valence-corrected chi connectivity index (χ1v) is 15.5. The average Bonchev–Trinajstić information content (AvgIpc) is 3.29. The Morgan fingerprint density at radius 3 is 2.41 bits per heavy atom. The molecule has 7 rings (SSSR count). The second-order valence-corrected chi connectivity index (χ2v) is 12.7. The van der Waals surface area contributed by atoms with Crippen LogP contribution in [0.3, 0.4) is 0 Å². The smallest absolute Gasteiger partial charge is 0.233 e. The number of methoxy groups -OCH3 is 1. The number of imide groups is 1. The van der Waals surface area contributed by atoms with Gasteiger partial charge in [-0.25, -0.2) is 0 Å². The molecular weight excluding hydrogens is 556 g/mol. The molecule has 4 atom stereocenters. The van der Waals surface area contributed by atoms with Crippen LogP contribution >= 0.6 is 0 Å². The number of allylic oxidation sites excluding steroid dienone is 6. The summed E-state index contributed by atoms with van der Waals surface area (Å²) < 4.78 is 5.64. The quantitative estimate of drug-likeness (QED) is 0.310. The summed E-state index contributed by atoms with van der Waals surface area (Å²) in [5.74, 6) is -2.76. The molecule has 2 heterocycles. The number of amides is 2. The fraction of sp³-hybridized carbons (Fsp3) is 0.389. The van der Waals surface area contributed by atoms with Crippen molar-refractivity contribution in [3.8, 4) is 11.5 Å². The number of benzene rings is 2. The largest absolute Gasteiger partial charge is 0.507 e. The Kier molecular flexibility index (Phi) is 7.12. The van der Waals surface area contributed by atoms with Crippen molar-refractivity contribution in [1.82, 2.24) is 9.80 Å². The molecule has 44 heavy (non-hydrogen) atoms. The summed E-state index contributed by atoms with van der Waals surface area (Å²) in [5.41, 5.74) is 3.51. The Morgan fingerprint density at radius 1 is 0.932 bits per heavy atom. The molecule has 2 saturated heterocycles. The Balaban J connectivity index is 1.21. The zero-order chi connectivity index (χ0) is 30.7. The molecule has 226 valence electrons. The Labute approximate surface area is 256 Å². The van der Waals surface area contributed by atoms with Gasteiger partial charge in [0.1, 0.15) is 11.5 Å². The molecule has 2 aromatic carbocycles. The average molecular weight is 593 g/mol. The van der Waals surface area contributed by atoms with Gasteiger partial charge in [-0.1, -0.05) is 48.0 Å². The molecule has 0 saturated carbocycles. The zero-order valence-electron chi connectivity index (χ0n) is 25.0. The monoisotopic (exact) mass is 592 g/mol. The van der Waals surface area contributed by atoms with Gasteiger partial charge in [-0.3, -0.25) is 29.0 Å². The third kappa shape index (κ3) is 4.46. The lowest BCUT2D eigenvalue weighted by atomic mass is 9.59. The van der Waals surface area contributed by atoms with Crippen LogP contribution in [0.15, 0.2) is 83.0 Å². The summed E-state index contributed by atoms with van der Waals surface area (Å²) in [5, 5.41) is 11.1. The van der Waals surface area contributed by atoms with Crippen molar-refractivity contribution in [2.24, 2.45) is 17.8 Å². The maximum atomic E-state index is 14.3. The summed E-state index contributed by atoms with van der Waals surface area (Å²) in [6, 6.07) is 15.1. The number of phenols is 1. The van der Waals surface area contributed by atoms with Crippen LogP contribution in [0.4, 0.5) is 0 Å². The highest BCUT2D eigenvalue weighted by Crippen LogP contribution is 2.57. The van der Waals surface area contributed by atoms with E-state index in [-0.39, 0.29) is 41.6 Å². The molecule has 2 aliphatic heterocycles. The SMILES string of the molecule is COc1cccc(O)c1[C@H]1C2=CC[C@@H]3C(=O)N(C4CCN(Cc5ccccc5)CC4)C(=O)[C@@H]3[C@@H]2CC2=C1C(=O)C(C)=CC2=O. The maximum Gasteiger partial charge on any atom is 0.233 e. The lowest BCUT2D eigenvalue weighted by Gasteiger charge is -2.42. The van der Waals surface area contributed by atoms with Gasteiger partial charge in [0.25, 0.3) is 0 Å². The Hall–Kier alpha value is -4.30. The lowest BCUT2D eigenvalue weighted by Crippen LogP contribution is -2.47. The third-order valence-electron chi connectivity index (χ3n) is 10.3. The van der Waals surface area contributed by atoms with Crippen LogP contribution < -0.4 is 4.74 Å². The van der Waals surface area contributed by atoms with Crippen molar-refractivity contribution in [3.05, 3.63) is 94.1 Å². The molecule has 3 aliphatic carbocycles. The molecule has 2 fully saturated rings. The van der Waals surface area contributed by atoms with E-state index < -0.39 is 23.7 Å². The van der Waals surface area contributed by atoms with Crippen LogP contribution in [0.1, 0.15) is 49.7 Å². The van der Waals surface area contributed by atoms with Crippen molar-refractivity contribution in [1.29, 1.82) is 0 Å². The maximum absolute atomic E-state index is 14.3. The summed E-state index contributed by atoms with van der Waals surface area (Å²) in [6.07, 6.45) is 5.38. The van der Waals surface area contributed by atoms with E-state index in [0.29, 0.717) is 34.5 Å². The Bertz CT molecular complexity index is 1660. The summed E-state index contributed by atoms with van der Waals surface area (Å²) >= 11 is 0. The van der Waals surface area contributed by atoms with Gasteiger partial charge in [0, 0.05) is 53.9 Å². The predicted molar refractivity (Wildman–Crippen MR) is 163 cm³/mol. The van der Waals surface area contributed by atoms with Gasteiger partial charge in [-0.15, -0.1) is 0 Å². The number of hydrogen-bond acceptors (Lipinski definition) is 7. The minimum Gasteiger partial charge on any atom is -0.507 e. The molecule has 0 spiro atoms. The molecular formula is C36H36N2O6. The van der Waals surface area contributed by atoms with Crippen molar-refractivity contribution in [2.45, 2.75) is 51.1 Å². The fourth-order valence-corrected chi connectivity index (χ4v) is 8.25. The zero-order valence-corrected chi connectivity index (χ0v) is 25.0. The van der Waals surface area contributed by atoms with Gasteiger partial charge in [-0.05, 0) is 62.3 Å². The first-order chi connectivity index (χ1) is 21.3. The number of phenolic OH excluding ortho intramolecular Hbond substituents is 1. The van der Waals surface area contributed by atoms with Gasteiger partial charge in [0.2, 0.25) is 11.8 Å². The van der Waals surface area contributed by atoms with Gasteiger partial charge in [-0.2, -0.15) is 0 Å². The number of rotatable bonds is 5. The first-order valence-electron chi connectivity index (χ1n) is 15.5. The van der Waals surface area contributed by atoms with Crippen LogP contribution in [0, 0.1) is 17.8 Å². The summed E-state index contributed by atoms with van der Waals surface area (Å²) in [4.78, 5) is 59.2. The number of fused-ring (bicyclic) bond motifs is 3. The van der Waals surface area contributed by atoms with Crippen molar-refractivity contribution >= 4 is 23.4 Å². The molecule has 8 heteroatoms. The fourth-order valence-electron chi connectivity index (χ4n) is 8.25. The van der Waals surface area contributed by atoms with Gasteiger partial charge in [0.15, 0.2) is 11.6 Å². The van der Waals surface area contributed by atoms with E-state index in [4.69, 9.17) is 4.74 Å². The number of ether oxygens (including phenoxy) is 1. The molecule has 0 unspecified atom stereocenters. The lowest BCUT2D eigenvalue weighted by molar-refractivity contribution is -0.144. The number of nitrogens with zero attached hydrogens (tertiary/aromatic N) is 2. The van der Waals surface area contributed by atoms with Crippen LogP contribution in [-0.4, -0.2) is 64.5 Å². The minimum absolute atomic E-state index is 0.0463. The molecule has 2 aromatic rings. The minimum atomic E-state index is -0.751. The van der Waals surface area contributed by atoms with Crippen LogP contribution in [0.25, 0.3) is 0 Å². The number of likely N-dealkylation sites (tertiary alicyclic amines) is 2. The Morgan fingerprint density at radius 2 is 1.68 bits per heavy atom. The second-order valence-electron chi connectivity index (χ2n) is 12.7. The molecule has 2 amide bonds. The summed E-state index contributed by atoms with van der Waals surface area (Å²) in [7, 11) is 1.50. The van der Waals surface area contributed by atoms with E-state index in [1.54, 1.807) is 25.1 Å². The van der Waals surface area contributed by atoms with Crippen LogP contribution in [0.5, 0.6) is 11.5 Å². The normalized spacial score (nSPS) is 27.5. The highest BCUT2D eigenvalue weighted by atomic mass is 16.5. The molecule has 0 bridgehead atoms. The van der Waals surface area contributed by atoms with E-state index in [1.807, 2.05) is 24.3 Å². The molecule has 1 N–H and O–H groups in total. The number of aromatic hydroxyl groups is 1. The molecule has 0 radical (unpaired) electrons. The van der Waals surface area contributed by atoms with Crippen LogP contribution in [0.2, 0.25) is 0 Å². The van der Waals surface area contributed by atoms with Crippen LogP contribution in [-0.2, 0) is 25.7 Å². The van der Waals surface area contributed by atoms with E-state index in [9.17, 15) is 24.3 Å². The standard InChI is InChI=1S/C36H36N2O6/c1-20-17-28(40)26-18-25-23(31(32(26)34(20)41)33-27(39)9-6-10-29(33)44-2)11-12-24-30(25)36(43)38(35(24)42)22-13-15-37(16-14-22)19-21-7-4-3-5-8-21/h3-11,17,22,24-25,30-31,39H,12-16,18-19H2,1-2H3/t24-,25+,30-,31-/m0/s1. The topological polar surface area (TPSA) is 104 Å². The molecule has 8 nitrogen and oxygen atoms in total. The van der Waals surface area contributed by atoms with Crippen molar-refractivity contribution < 1.29 is 29.0 Å². The van der Waals surface area contributed by atoms with Gasteiger partial charge < -0.3 is 9.84 Å². The predicted octanol–water partition coefficient (Wildman–Crippen LogP) is 4.49.